The summed E-state index contributed by atoms with van der Waals surface area (Å²) in [5, 5.41) is -0.182. The Morgan fingerprint density at radius 3 is 2.62 bits per heavy atom. The molecule has 2 bridgehead atoms. The molecular formula is C9H14O3S. The fourth-order valence-corrected chi connectivity index (χ4v) is 5.55. The monoisotopic (exact) mass is 202 g/mol. The van der Waals surface area contributed by atoms with E-state index in [1.807, 2.05) is 0 Å². The molecule has 74 valence electrons. The van der Waals surface area contributed by atoms with E-state index in [1.165, 1.54) is 0 Å². The second-order valence-corrected chi connectivity index (χ2v) is 6.89. The first-order chi connectivity index (χ1) is 5.94. The largest absolute Gasteiger partial charge is 0.270 e. The summed E-state index contributed by atoms with van der Waals surface area (Å²) in [6, 6.07) is 0. The molecule has 0 amide bonds. The van der Waals surface area contributed by atoms with Crippen LogP contribution in [0.2, 0.25) is 0 Å². The maximum absolute atomic E-state index is 11.5. The Morgan fingerprint density at radius 2 is 2.08 bits per heavy atom. The Labute approximate surface area is 78.6 Å². The quantitative estimate of drug-likeness (QED) is 0.553. The maximum atomic E-state index is 11.5. The molecule has 5 atom stereocenters. The van der Waals surface area contributed by atoms with Gasteiger partial charge in [-0.15, -0.1) is 0 Å². The van der Waals surface area contributed by atoms with Crippen molar-refractivity contribution >= 4 is 10.1 Å². The molecular weight excluding hydrogens is 188 g/mol. The summed E-state index contributed by atoms with van der Waals surface area (Å²) in [6.45, 7) is 4.33. The van der Waals surface area contributed by atoms with Crippen LogP contribution in [-0.4, -0.2) is 19.8 Å². The highest BCUT2D eigenvalue weighted by Crippen LogP contribution is 2.63. The van der Waals surface area contributed by atoms with Crippen LogP contribution in [0.5, 0.6) is 0 Å². The Morgan fingerprint density at radius 1 is 1.38 bits per heavy atom. The van der Waals surface area contributed by atoms with Gasteiger partial charge in [0, 0.05) is 5.92 Å². The van der Waals surface area contributed by atoms with Crippen LogP contribution < -0.4 is 0 Å². The molecule has 3 fully saturated rings. The summed E-state index contributed by atoms with van der Waals surface area (Å²) in [7, 11) is -3.20. The van der Waals surface area contributed by atoms with E-state index in [0.29, 0.717) is 11.8 Å². The summed E-state index contributed by atoms with van der Waals surface area (Å²) < 4.78 is 28.3. The average Bonchev–Trinajstić information content (AvgIpc) is 2.52. The molecule has 0 N–H and O–H groups in total. The summed E-state index contributed by atoms with van der Waals surface area (Å²) in [6.07, 6.45) is 1.86. The third kappa shape index (κ3) is 0.773. The first-order valence-corrected chi connectivity index (χ1v) is 6.33. The van der Waals surface area contributed by atoms with Gasteiger partial charge in [-0.1, -0.05) is 13.8 Å². The second kappa shape index (κ2) is 1.96. The van der Waals surface area contributed by atoms with Crippen LogP contribution in [-0.2, 0) is 14.3 Å². The zero-order valence-electron chi connectivity index (χ0n) is 7.86. The van der Waals surface area contributed by atoms with Crippen molar-refractivity contribution in [3.8, 4) is 0 Å². The molecule has 0 aromatic carbocycles. The topological polar surface area (TPSA) is 43.4 Å². The summed E-state index contributed by atoms with van der Waals surface area (Å²) in [5.41, 5.74) is 0.226. The van der Waals surface area contributed by atoms with Crippen molar-refractivity contribution in [1.82, 2.24) is 0 Å². The van der Waals surface area contributed by atoms with E-state index in [2.05, 4.69) is 13.8 Å². The van der Waals surface area contributed by atoms with E-state index >= 15 is 0 Å². The molecule has 3 aliphatic rings. The first-order valence-electron chi connectivity index (χ1n) is 4.86. The minimum Gasteiger partial charge on any atom is -0.266 e. The lowest BCUT2D eigenvalue weighted by Crippen LogP contribution is -2.32. The number of rotatable bonds is 0. The van der Waals surface area contributed by atoms with Crippen molar-refractivity contribution in [2.24, 2.45) is 17.3 Å². The van der Waals surface area contributed by atoms with Gasteiger partial charge < -0.3 is 0 Å². The van der Waals surface area contributed by atoms with Crippen LogP contribution in [0, 0.1) is 17.3 Å². The minimum atomic E-state index is -3.20. The fourth-order valence-electron chi connectivity index (χ4n) is 3.53. The number of fused-ring (bicyclic) bond motifs is 1. The first kappa shape index (κ1) is 8.24. The third-order valence-corrected chi connectivity index (χ3v) is 6.23. The van der Waals surface area contributed by atoms with Crippen LogP contribution in [0.15, 0.2) is 0 Å². The second-order valence-electron chi connectivity index (χ2n) is 5.11. The fraction of sp³-hybridized carbons (Fsp3) is 1.00. The van der Waals surface area contributed by atoms with Crippen LogP contribution in [0.3, 0.4) is 0 Å². The maximum Gasteiger partial charge on any atom is 0.270 e. The number of hydrogen-bond donors (Lipinski definition) is 0. The van der Waals surface area contributed by atoms with Gasteiger partial charge in [0.05, 0.1) is 11.4 Å². The molecule has 4 unspecified atom stereocenters. The van der Waals surface area contributed by atoms with E-state index in [1.54, 1.807) is 0 Å². The van der Waals surface area contributed by atoms with Gasteiger partial charge in [0.2, 0.25) is 0 Å². The van der Waals surface area contributed by atoms with Gasteiger partial charge in [0.25, 0.3) is 10.1 Å². The molecule has 2 saturated carbocycles. The van der Waals surface area contributed by atoms with Crippen LogP contribution in [0.4, 0.5) is 0 Å². The van der Waals surface area contributed by atoms with Gasteiger partial charge in [0.15, 0.2) is 0 Å². The SMILES string of the molecule is C[C@H]1C2OS(=O)(=O)C3CC1(C)CC23. The summed E-state index contributed by atoms with van der Waals surface area (Å²) >= 11 is 0. The van der Waals surface area contributed by atoms with E-state index in [4.69, 9.17) is 4.18 Å². The van der Waals surface area contributed by atoms with Crippen molar-refractivity contribution in [3.63, 3.8) is 0 Å². The highest BCUT2D eigenvalue weighted by Gasteiger charge is 2.67. The zero-order chi connectivity index (χ0) is 9.43. The van der Waals surface area contributed by atoms with Crippen molar-refractivity contribution in [1.29, 1.82) is 0 Å². The molecule has 2 aliphatic carbocycles. The molecule has 0 aromatic rings. The third-order valence-electron chi connectivity index (χ3n) is 4.48. The van der Waals surface area contributed by atoms with E-state index in [9.17, 15) is 8.42 Å². The molecule has 0 radical (unpaired) electrons. The Hall–Kier alpha value is -0.0900. The molecule has 0 aromatic heterocycles. The predicted molar refractivity (Wildman–Crippen MR) is 47.6 cm³/mol. The summed E-state index contributed by atoms with van der Waals surface area (Å²) in [5.74, 6) is 0.705. The molecule has 13 heavy (non-hydrogen) atoms. The van der Waals surface area contributed by atoms with E-state index in [-0.39, 0.29) is 16.8 Å². The molecule has 3 nitrogen and oxygen atoms in total. The molecule has 1 heterocycles. The minimum absolute atomic E-state index is 0.00579. The zero-order valence-corrected chi connectivity index (χ0v) is 8.67. The Bertz CT molecular complexity index is 361. The van der Waals surface area contributed by atoms with Crippen molar-refractivity contribution in [2.45, 2.75) is 38.0 Å². The normalized spacial score (nSPS) is 61.7. The molecule has 1 aliphatic heterocycles. The molecule has 1 saturated heterocycles. The molecule has 3 rings (SSSR count). The van der Waals surface area contributed by atoms with Gasteiger partial charge in [-0.25, -0.2) is 0 Å². The van der Waals surface area contributed by atoms with Crippen LogP contribution in [0.1, 0.15) is 26.7 Å². The Kier molecular flexibility index (Phi) is 1.24. The van der Waals surface area contributed by atoms with Gasteiger partial charge in [-0.3, -0.25) is 4.18 Å². The van der Waals surface area contributed by atoms with Crippen LogP contribution >= 0.6 is 0 Å². The van der Waals surface area contributed by atoms with Crippen molar-refractivity contribution < 1.29 is 12.6 Å². The number of hydrogen-bond acceptors (Lipinski definition) is 3. The van der Waals surface area contributed by atoms with Crippen LogP contribution in [0.25, 0.3) is 0 Å². The lowest BCUT2D eigenvalue weighted by atomic mass is 9.76. The van der Waals surface area contributed by atoms with E-state index < -0.39 is 10.1 Å². The van der Waals surface area contributed by atoms with E-state index in [0.717, 1.165) is 12.8 Å². The summed E-state index contributed by atoms with van der Waals surface area (Å²) in [4.78, 5) is 0. The molecule has 0 spiro atoms. The smallest absolute Gasteiger partial charge is 0.266 e. The standard InChI is InChI=1S/C9H14O3S/c1-5-8-6-3-9(5,2)4-7(6)13(10,11)12-8/h5-8H,3-4H2,1-2H3/t5-,6?,7?,8?,9?/m0/s1. The van der Waals surface area contributed by atoms with Crippen molar-refractivity contribution in [2.75, 3.05) is 0 Å². The lowest BCUT2D eigenvalue weighted by Gasteiger charge is -2.29. The van der Waals surface area contributed by atoms with Gasteiger partial charge in [-0.05, 0) is 24.2 Å². The highest BCUT2D eigenvalue weighted by molar-refractivity contribution is 7.87. The van der Waals surface area contributed by atoms with Gasteiger partial charge in [0.1, 0.15) is 0 Å². The average molecular weight is 202 g/mol. The molecule has 4 heteroatoms. The van der Waals surface area contributed by atoms with Gasteiger partial charge >= 0.3 is 0 Å². The van der Waals surface area contributed by atoms with Crippen molar-refractivity contribution in [3.05, 3.63) is 0 Å². The highest BCUT2D eigenvalue weighted by atomic mass is 32.2. The lowest BCUT2D eigenvalue weighted by molar-refractivity contribution is 0.106. The predicted octanol–water partition coefficient (Wildman–Crippen LogP) is 1.15. The Balaban J connectivity index is 2.14. The van der Waals surface area contributed by atoms with Gasteiger partial charge in [-0.2, -0.15) is 8.42 Å².